The molecular formula is C12H14ClNO5S. The fraction of sp³-hybridized carbons (Fsp3) is 0.250. The highest BCUT2D eigenvalue weighted by Gasteiger charge is 2.21. The first-order chi connectivity index (χ1) is 9.34. The average Bonchev–Trinajstić information content (AvgIpc) is 2.37. The number of hydrogen-bond donors (Lipinski definition) is 3. The second-order valence-corrected chi connectivity index (χ2v) is 5.95. The first-order valence-corrected chi connectivity index (χ1v) is 7.56. The van der Waals surface area contributed by atoms with Gasteiger partial charge in [0.2, 0.25) is 10.0 Å². The molecule has 1 rings (SSSR count). The molecule has 0 heterocycles. The smallest absolute Gasteiger partial charge is 0.321 e. The second-order valence-electron chi connectivity index (χ2n) is 3.92. The van der Waals surface area contributed by atoms with Crippen molar-refractivity contribution in [3.63, 3.8) is 0 Å². The molecular weight excluding hydrogens is 306 g/mol. The number of carboxylic acid groups (broad SMARTS) is 1. The Kier molecular flexibility index (Phi) is 6.15. The third-order valence-electron chi connectivity index (χ3n) is 2.33. The number of aliphatic hydroxyl groups excluding tert-OH is 1. The molecule has 3 N–H and O–H groups in total. The molecule has 1 aromatic rings. The predicted octanol–water partition coefficient (Wildman–Crippen LogP) is 1.07. The van der Waals surface area contributed by atoms with Gasteiger partial charge in [0.15, 0.2) is 0 Å². The molecule has 0 radical (unpaired) electrons. The number of benzene rings is 1. The Labute approximate surface area is 121 Å². The molecule has 0 aliphatic carbocycles. The molecule has 1 aromatic carbocycles. The fourth-order valence-electron chi connectivity index (χ4n) is 1.34. The largest absolute Gasteiger partial charge is 0.480 e. The lowest BCUT2D eigenvalue weighted by Gasteiger charge is -2.11. The zero-order valence-electron chi connectivity index (χ0n) is 10.4. The number of aliphatic carboxylic acids is 1. The lowest BCUT2D eigenvalue weighted by molar-refractivity contribution is -0.139. The summed E-state index contributed by atoms with van der Waals surface area (Å²) in [6.45, 7) is -0.430. The minimum absolute atomic E-state index is 0.205. The Morgan fingerprint density at radius 1 is 1.35 bits per heavy atom. The molecule has 110 valence electrons. The van der Waals surface area contributed by atoms with E-state index in [0.717, 1.165) is 5.41 Å². The maximum Gasteiger partial charge on any atom is 0.321 e. The molecule has 0 aliphatic heterocycles. The van der Waals surface area contributed by atoms with E-state index in [1.165, 1.54) is 6.08 Å². The van der Waals surface area contributed by atoms with Crippen LogP contribution in [0.15, 0.2) is 29.7 Å². The second kappa shape index (κ2) is 7.39. The first-order valence-electron chi connectivity index (χ1n) is 5.64. The normalized spacial score (nSPS) is 13.5. The van der Waals surface area contributed by atoms with E-state index >= 15 is 0 Å². The number of rotatable bonds is 7. The molecule has 6 nitrogen and oxygen atoms in total. The van der Waals surface area contributed by atoms with Gasteiger partial charge in [0.05, 0.1) is 0 Å². The van der Waals surface area contributed by atoms with E-state index < -0.39 is 28.6 Å². The van der Waals surface area contributed by atoms with Gasteiger partial charge in [-0.05, 0) is 30.2 Å². The summed E-state index contributed by atoms with van der Waals surface area (Å²) in [7, 11) is -3.91. The maximum atomic E-state index is 11.7. The molecule has 0 saturated carbocycles. The third kappa shape index (κ3) is 5.70. The van der Waals surface area contributed by atoms with Gasteiger partial charge in [0.1, 0.15) is 6.04 Å². The van der Waals surface area contributed by atoms with E-state index in [2.05, 4.69) is 0 Å². The maximum absolute atomic E-state index is 11.7. The van der Waals surface area contributed by atoms with E-state index in [9.17, 15) is 13.2 Å². The van der Waals surface area contributed by atoms with Crippen molar-refractivity contribution in [3.8, 4) is 0 Å². The minimum Gasteiger partial charge on any atom is -0.480 e. The molecule has 0 bridgehead atoms. The molecule has 0 aromatic heterocycles. The number of carboxylic acids is 1. The number of aliphatic hydroxyl groups is 1. The highest BCUT2D eigenvalue weighted by molar-refractivity contribution is 7.92. The van der Waals surface area contributed by atoms with Crippen molar-refractivity contribution in [3.05, 3.63) is 40.3 Å². The van der Waals surface area contributed by atoms with E-state index in [4.69, 9.17) is 21.8 Å². The minimum atomic E-state index is -3.91. The van der Waals surface area contributed by atoms with Crippen molar-refractivity contribution in [1.82, 2.24) is 4.72 Å². The van der Waals surface area contributed by atoms with Gasteiger partial charge in [-0.1, -0.05) is 23.7 Å². The van der Waals surface area contributed by atoms with Gasteiger partial charge in [0, 0.05) is 17.0 Å². The molecule has 0 unspecified atom stereocenters. The van der Waals surface area contributed by atoms with Crippen LogP contribution in [0.4, 0.5) is 0 Å². The lowest BCUT2D eigenvalue weighted by Crippen LogP contribution is -2.40. The molecule has 0 aliphatic rings. The van der Waals surface area contributed by atoms with Crippen molar-refractivity contribution in [1.29, 1.82) is 0 Å². The van der Waals surface area contributed by atoms with Crippen LogP contribution in [-0.2, 0) is 14.8 Å². The van der Waals surface area contributed by atoms with E-state index in [-0.39, 0.29) is 6.42 Å². The molecule has 1 atom stereocenters. The summed E-state index contributed by atoms with van der Waals surface area (Å²) >= 11 is 5.70. The van der Waals surface area contributed by atoms with E-state index in [1.807, 2.05) is 4.72 Å². The number of halogens is 1. The van der Waals surface area contributed by atoms with Crippen LogP contribution in [-0.4, -0.2) is 37.2 Å². The summed E-state index contributed by atoms with van der Waals surface area (Å²) < 4.78 is 25.4. The van der Waals surface area contributed by atoms with Gasteiger partial charge in [-0.15, -0.1) is 0 Å². The lowest BCUT2D eigenvalue weighted by atomic mass is 10.2. The van der Waals surface area contributed by atoms with Crippen LogP contribution < -0.4 is 4.72 Å². The predicted molar refractivity (Wildman–Crippen MR) is 75.7 cm³/mol. The average molecular weight is 320 g/mol. The van der Waals surface area contributed by atoms with Crippen molar-refractivity contribution in [2.24, 2.45) is 0 Å². The highest BCUT2D eigenvalue weighted by Crippen LogP contribution is 2.11. The Balaban J connectivity index is 2.78. The molecule has 8 heteroatoms. The number of carbonyl (C=O) groups is 1. The fourth-order valence-corrected chi connectivity index (χ4v) is 2.50. The number of nitrogens with one attached hydrogen (secondary N) is 1. The molecule has 0 saturated heterocycles. The van der Waals surface area contributed by atoms with Crippen LogP contribution in [0.1, 0.15) is 12.0 Å². The van der Waals surface area contributed by atoms with Crippen LogP contribution in [0, 0.1) is 0 Å². The van der Waals surface area contributed by atoms with Gasteiger partial charge in [-0.3, -0.25) is 4.79 Å². The molecule has 20 heavy (non-hydrogen) atoms. The van der Waals surface area contributed by atoms with Gasteiger partial charge in [-0.2, -0.15) is 4.72 Å². The van der Waals surface area contributed by atoms with Gasteiger partial charge < -0.3 is 10.2 Å². The summed E-state index contributed by atoms with van der Waals surface area (Å²) in [5.41, 5.74) is 0.605. The zero-order chi connectivity index (χ0) is 15.2. The third-order valence-corrected chi connectivity index (χ3v) is 3.69. The quantitative estimate of drug-likeness (QED) is 0.697. The Morgan fingerprint density at radius 3 is 2.45 bits per heavy atom. The topological polar surface area (TPSA) is 104 Å². The van der Waals surface area contributed by atoms with E-state index in [1.54, 1.807) is 24.3 Å². The van der Waals surface area contributed by atoms with Gasteiger partial charge >= 0.3 is 5.97 Å². The van der Waals surface area contributed by atoms with Crippen LogP contribution in [0.25, 0.3) is 6.08 Å². The van der Waals surface area contributed by atoms with Crippen molar-refractivity contribution < 1.29 is 23.4 Å². The summed E-state index contributed by atoms with van der Waals surface area (Å²) in [5.74, 6) is -1.34. The van der Waals surface area contributed by atoms with Crippen LogP contribution in [0.5, 0.6) is 0 Å². The Morgan fingerprint density at radius 2 is 1.95 bits per heavy atom. The Bertz CT molecular complexity index is 582. The van der Waals surface area contributed by atoms with Gasteiger partial charge in [-0.25, -0.2) is 8.42 Å². The number of sulfonamides is 1. The first kappa shape index (κ1) is 16.6. The van der Waals surface area contributed by atoms with Crippen molar-refractivity contribution in [2.75, 3.05) is 6.61 Å². The summed E-state index contributed by atoms with van der Waals surface area (Å²) in [6.07, 6.45) is 1.11. The highest BCUT2D eigenvalue weighted by atomic mass is 35.5. The van der Waals surface area contributed by atoms with Crippen LogP contribution in [0.3, 0.4) is 0 Å². The Hall–Kier alpha value is -1.41. The van der Waals surface area contributed by atoms with E-state index in [0.29, 0.717) is 10.6 Å². The molecule has 0 amide bonds. The monoisotopic (exact) mass is 319 g/mol. The molecule has 0 fully saturated rings. The van der Waals surface area contributed by atoms with Crippen molar-refractivity contribution in [2.45, 2.75) is 12.5 Å². The zero-order valence-corrected chi connectivity index (χ0v) is 11.9. The summed E-state index contributed by atoms with van der Waals surface area (Å²) in [6, 6.07) is 5.09. The summed E-state index contributed by atoms with van der Waals surface area (Å²) in [4.78, 5) is 10.8. The van der Waals surface area contributed by atoms with Gasteiger partial charge in [0.25, 0.3) is 0 Å². The molecule has 0 spiro atoms. The van der Waals surface area contributed by atoms with Crippen LogP contribution in [0.2, 0.25) is 5.02 Å². The SMILES string of the molecule is O=C(O)[C@@H](CCO)NS(=O)(=O)/C=C/c1ccc(Cl)cc1. The number of hydrogen-bond acceptors (Lipinski definition) is 4. The summed E-state index contributed by atoms with van der Waals surface area (Å²) in [5, 5.41) is 18.9. The van der Waals surface area contributed by atoms with Crippen molar-refractivity contribution >= 4 is 33.7 Å². The standard InChI is InChI=1S/C12H14ClNO5S/c13-10-3-1-9(2-4-10)6-8-20(18,19)14-11(5-7-15)12(16)17/h1-4,6,8,11,14-15H,5,7H2,(H,16,17)/b8-6+/t11-/m1/s1. The van der Waals surface area contributed by atoms with Crippen LogP contribution >= 0.6 is 11.6 Å².